The second kappa shape index (κ2) is 3.40. The summed E-state index contributed by atoms with van der Waals surface area (Å²) >= 11 is 5.92. The smallest absolute Gasteiger partial charge is 0.135 e. The highest BCUT2D eigenvalue weighted by atomic mass is 35.5. The maximum Gasteiger partial charge on any atom is 0.135 e. The molecule has 3 heteroatoms. The summed E-state index contributed by atoms with van der Waals surface area (Å²) in [4.78, 5) is 0. The van der Waals surface area contributed by atoms with Gasteiger partial charge in [-0.25, -0.2) is 0 Å². The van der Waals surface area contributed by atoms with Crippen molar-refractivity contribution in [1.82, 2.24) is 0 Å². The molecule has 0 atom stereocenters. The minimum Gasteiger partial charge on any atom is -0.463 e. The zero-order valence-electron chi connectivity index (χ0n) is 7.09. The van der Waals surface area contributed by atoms with Crippen LogP contribution in [0.4, 0.5) is 0 Å². The molecule has 2 N–H and O–H groups in total. The van der Waals surface area contributed by atoms with Gasteiger partial charge < -0.3 is 10.2 Å². The van der Waals surface area contributed by atoms with Crippen LogP contribution in [0, 0.1) is 0 Å². The highest BCUT2D eigenvalue weighted by molar-refractivity contribution is 6.35. The lowest BCUT2D eigenvalue weighted by molar-refractivity contribution is 0.616. The molecule has 0 spiro atoms. The number of hydrogen-bond donors (Lipinski definition) is 1. The number of furan rings is 1. The van der Waals surface area contributed by atoms with Crippen molar-refractivity contribution in [3.63, 3.8) is 0 Å². The van der Waals surface area contributed by atoms with Crippen molar-refractivity contribution in [1.29, 1.82) is 0 Å². The lowest BCUT2D eigenvalue weighted by Gasteiger charge is -1.97. The second-order valence-corrected chi connectivity index (χ2v) is 3.36. The van der Waals surface area contributed by atoms with Crippen LogP contribution in [-0.2, 0) is 6.42 Å². The topological polar surface area (TPSA) is 39.2 Å². The van der Waals surface area contributed by atoms with Crippen LogP contribution >= 0.6 is 11.6 Å². The normalized spacial score (nSPS) is 10.9. The molecule has 1 aromatic heterocycles. The highest BCUT2D eigenvalue weighted by Crippen LogP contribution is 2.26. The fraction of sp³-hybridized carbons (Fsp3) is 0.200. The molecule has 0 aliphatic heterocycles. The monoisotopic (exact) mass is 195 g/mol. The van der Waals surface area contributed by atoms with Gasteiger partial charge in [-0.1, -0.05) is 17.7 Å². The third-order valence-corrected chi connectivity index (χ3v) is 2.32. The van der Waals surface area contributed by atoms with Gasteiger partial charge in [-0.05, 0) is 30.7 Å². The van der Waals surface area contributed by atoms with Crippen molar-refractivity contribution in [3.8, 4) is 0 Å². The Bertz CT molecular complexity index is 422. The van der Waals surface area contributed by atoms with Crippen LogP contribution in [0.2, 0.25) is 5.02 Å². The van der Waals surface area contributed by atoms with Gasteiger partial charge in [0.15, 0.2) is 0 Å². The van der Waals surface area contributed by atoms with E-state index < -0.39 is 0 Å². The summed E-state index contributed by atoms with van der Waals surface area (Å²) in [5.41, 5.74) is 7.48. The molecule has 0 unspecified atom stereocenters. The van der Waals surface area contributed by atoms with Gasteiger partial charge in [-0.3, -0.25) is 0 Å². The number of rotatable bonds is 2. The van der Waals surface area contributed by atoms with E-state index in [4.69, 9.17) is 21.8 Å². The molecule has 0 saturated carbocycles. The standard InChI is InChI=1S/C10H10ClNO/c11-9-6-13-10-2-1-7(3-4-12)5-8(9)10/h1-2,5-6H,3-4,12H2. The van der Waals surface area contributed by atoms with Gasteiger partial charge in [-0.2, -0.15) is 0 Å². The van der Waals surface area contributed by atoms with E-state index in [1.807, 2.05) is 18.2 Å². The highest BCUT2D eigenvalue weighted by Gasteiger charge is 2.03. The van der Waals surface area contributed by atoms with Crippen LogP contribution in [0.1, 0.15) is 5.56 Å². The third kappa shape index (κ3) is 1.55. The van der Waals surface area contributed by atoms with E-state index in [0.29, 0.717) is 11.6 Å². The molecule has 0 radical (unpaired) electrons. The van der Waals surface area contributed by atoms with Crippen LogP contribution in [0.25, 0.3) is 11.0 Å². The van der Waals surface area contributed by atoms with Gasteiger partial charge in [0.1, 0.15) is 11.8 Å². The fourth-order valence-electron chi connectivity index (χ4n) is 1.37. The van der Waals surface area contributed by atoms with Crippen LogP contribution in [0.3, 0.4) is 0 Å². The third-order valence-electron chi connectivity index (χ3n) is 2.02. The molecule has 2 aromatic rings. The zero-order valence-corrected chi connectivity index (χ0v) is 7.84. The summed E-state index contributed by atoms with van der Waals surface area (Å²) in [6.45, 7) is 0.654. The summed E-state index contributed by atoms with van der Waals surface area (Å²) in [6.07, 6.45) is 2.43. The lowest BCUT2D eigenvalue weighted by atomic mass is 10.1. The average Bonchev–Trinajstić information content (AvgIpc) is 2.49. The lowest BCUT2D eigenvalue weighted by Crippen LogP contribution is -2.02. The van der Waals surface area contributed by atoms with E-state index in [1.54, 1.807) is 6.26 Å². The van der Waals surface area contributed by atoms with Crippen molar-refractivity contribution < 1.29 is 4.42 Å². The van der Waals surface area contributed by atoms with Crippen LogP contribution in [-0.4, -0.2) is 6.54 Å². The quantitative estimate of drug-likeness (QED) is 0.800. The summed E-state index contributed by atoms with van der Waals surface area (Å²) < 4.78 is 5.22. The molecule has 0 saturated heterocycles. The average molecular weight is 196 g/mol. The number of halogens is 1. The van der Waals surface area contributed by atoms with Gasteiger partial charge in [0.2, 0.25) is 0 Å². The van der Waals surface area contributed by atoms with Gasteiger partial charge >= 0.3 is 0 Å². The molecular weight excluding hydrogens is 186 g/mol. The Morgan fingerprint density at radius 2 is 2.23 bits per heavy atom. The molecule has 2 nitrogen and oxygen atoms in total. The summed E-state index contributed by atoms with van der Waals surface area (Å²) in [6, 6.07) is 5.95. The second-order valence-electron chi connectivity index (χ2n) is 2.95. The molecule has 68 valence electrons. The molecule has 13 heavy (non-hydrogen) atoms. The van der Waals surface area contributed by atoms with E-state index >= 15 is 0 Å². The molecule has 0 amide bonds. The van der Waals surface area contributed by atoms with E-state index in [-0.39, 0.29) is 0 Å². The Labute approximate surface area is 81.3 Å². The predicted octanol–water partition coefficient (Wildman–Crippen LogP) is 2.59. The SMILES string of the molecule is NCCc1ccc2occ(Cl)c2c1. The first-order valence-corrected chi connectivity index (χ1v) is 4.55. The van der Waals surface area contributed by atoms with Crippen molar-refractivity contribution in [2.24, 2.45) is 5.73 Å². The Morgan fingerprint density at radius 3 is 3.00 bits per heavy atom. The first-order valence-electron chi connectivity index (χ1n) is 4.17. The van der Waals surface area contributed by atoms with E-state index in [1.165, 1.54) is 5.56 Å². The maximum absolute atomic E-state index is 5.92. The summed E-state index contributed by atoms with van der Waals surface area (Å²) in [5.74, 6) is 0. The fourth-order valence-corrected chi connectivity index (χ4v) is 1.56. The molecule has 1 aromatic carbocycles. The number of benzene rings is 1. The number of nitrogens with two attached hydrogens (primary N) is 1. The van der Waals surface area contributed by atoms with Crippen LogP contribution < -0.4 is 5.73 Å². The first-order chi connectivity index (χ1) is 6.31. The molecule has 1 heterocycles. The summed E-state index contributed by atoms with van der Waals surface area (Å²) in [5, 5.41) is 1.63. The van der Waals surface area contributed by atoms with Crippen molar-refractivity contribution in [2.75, 3.05) is 6.54 Å². The molecular formula is C10H10ClNO. The van der Waals surface area contributed by atoms with Gasteiger partial charge in [0, 0.05) is 5.39 Å². The van der Waals surface area contributed by atoms with Crippen LogP contribution in [0.15, 0.2) is 28.9 Å². The van der Waals surface area contributed by atoms with E-state index in [2.05, 4.69) is 0 Å². The molecule has 2 rings (SSSR count). The number of fused-ring (bicyclic) bond motifs is 1. The molecule has 0 bridgehead atoms. The van der Waals surface area contributed by atoms with Crippen LogP contribution in [0.5, 0.6) is 0 Å². The van der Waals surface area contributed by atoms with E-state index in [0.717, 1.165) is 17.4 Å². The Morgan fingerprint density at radius 1 is 1.38 bits per heavy atom. The minimum atomic E-state index is 0.654. The maximum atomic E-state index is 5.92. The Balaban J connectivity index is 2.53. The van der Waals surface area contributed by atoms with Crippen molar-refractivity contribution >= 4 is 22.6 Å². The van der Waals surface area contributed by atoms with Gasteiger partial charge in [0.25, 0.3) is 0 Å². The Hall–Kier alpha value is -0.990. The van der Waals surface area contributed by atoms with Gasteiger partial charge in [-0.15, -0.1) is 0 Å². The number of hydrogen-bond acceptors (Lipinski definition) is 2. The Kier molecular flexibility index (Phi) is 2.25. The summed E-state index contributed by atoms with van der Waals surface area (Å²) in [7, 11) is 0. The van der Waals surface area contributed by atoms with Crippen molar-refractivity contribution in [2.45, 2.75) is 6.42 Å². The largest absolute Gasteiger partial charge is 0.463 e. The van der Waals surface area contributed by atoms with Crippen molar-refractivity contribution in [3.05, 3.63) is 35.0 Å². The first kappa shape index (κ1) is 8.60. The molecule has 0 aliphatic rings. The molecule has 0 aliphatic carbocycles. The molecule has 0 fully saturated rings. The minimum absolute atomic E-state index is 0.654. The van der Waals surface area contributed by atoms with Gasteiger partial charge in [0.05, 0.1) is 5.02 Å². The van der Waals surface area contributed by atoms with E-state index in [9.17, 15) is 0 Å². The zero-order chi connectivity index (χ0) is 9.26. The predicted molar refractivity (Wildman–Crippen MR) is 54.0 cm³/mol.